The second-order valence-corrected chi connectivity index (χ2v) is 3.81. The Morgan fingerprint density at radius 2 is 2.38 bits per heavy atom. The Hall–Kier alpha value is -1.50. The molecule has 0 spiro atoms. The van der Waals surface area contributed by atoms with E-state index in [-0.39, 0.29) is 11.7 Å². The molecule has 1 rings (SSSR count). The van der Waals surface area contributed by atoms with Gasteiger partial charge in [-0.15, -0.1) is 10.2 Å². The molecular weight excluding hydrogens is 210 g/mol. The molecule has 7 heteroatoms. The van der Waals surface area contributed by atoms with Crippen molar-refractivity contribution in [1.29, 1.82) is 0 Å². The second kappa shape index (κ2) is 6.89. The molecule has 1 aromatic heterocycles. The second-order valence-electron chi connectivity index (χ2n) is 3.81. The summed E-state index contributed by atoms with van der Waals surface area (Å²) in [5, 5.41) is 15.3. The third kappa shape index (κ3) is 4.83. The number of H-pyrrole nitrogens is 1. The fourth-order valence-corrected chi connectivity index (χ4v) is 1.03. The van der Waals surface area contributed by atoms with Gasteiger partial charge in [0.1, 0.15) is 0 Å². The first-order chi connectivity index (χ1) is 7.70. The highest BCUT2D eigenvalue weighted by Crippen LogP contribution is 1.93. The van der Waals surface area contributed by atoms with E-state index >= 15 is 0 Å². The van der Waals surface area contributed by atoms with Crippen LogP contribution in [0, 0.1) is 5.92 Å². The topological polar surface area (TPSA) is 92.8 Å². The van der Waals surface area contributed by atoms with E-state index in [1.165, 1.54) is 0 Å². The first kappa shape index (κ1) is 12.6. The van der Waals surface area contributed by atoms with Crippen molar-refractivity contribution in [2.45, 2.75) is 20.3 Å². The molecule has 0 bridgehead atoms. The normalized spacial score (nSPS) is 10.7. The Morgan fingerprint density at radius 1 is 1.56 bits per heavy atom. The van der Waals surface area contributed by atoms with Gasteiger partial charge in [0.25, 0.3) is 11.7 Å². The molecule has 1 heterocycles. The Bertz CT molecular complexity index is 299. The van der Waals surface area contributed by atoms with E-state index in [1.807, 2.05) is 0 Å². The molecule has 0 saturated carbocycles. The summed E-state index contributed by atoms with van der Waals surface area (Å²) in [5.41, 5.74) is 0. The average molecular weight is 227 g/mol. The smallest absolute Gasteiger partial charge is 0.292 e. The molecule has 0 aromatic carbocycles. The first-order valence-electron chi connectivity index (χ1n) is 5.29. The molecule has 2 N–H and O–H groups in total. The molecule has 0 radical (unpaired) electrons. The Kier molecular flexibility index (Phi) is 5.41. The van der Waals surface area contributed by atoms with Crippen LogP contribution in [0.3, 0.4) is 0 Å². The van der Waals surface area contributed by atoms with Gasteiger partial charge < -0.3 is 10.1 Å². The first-order valence-corrected chi connectivity index (χ1v) is 5.29. The Labute approximate surface area is 93.9 Å². The number of ether oxygens (including phenoxy) is 1. The quantitative estimate of drug-likeness (QED) is 0.639. The van der Waals surface area contributed by atoms with Crippen LogP contribution in [-0.2, 0) is 4.74 Å². The molecule has 0 aliphatic carbocycles. The van der Waals surface area contributed by atoms with Crippen molar-refractivity contribution in [2.24, 2.45) is 5.92 Å². The van der Waals surface area contributed by atoms with Crippen LogP contribution in [0.2, 0.25) is 0 Å². The molecule has 1 aromatic rings. The van der Waals surface area contributed by atoms with Crippen LogP contribution in [0.25, 0.3) is 0 Å². The lowest BCUT2D eigenvalue weighted by molar-refractivity contribution is 0.0916. The summed E-state index contributed by atoms with van der Waals surface area (Å²) in [4.78, 5) is 11.3. The lowest BCUT2D eigenvalue weighted by Gasteiger charge is -2.06. The minimum atomic E-state index is -0.322. The predicted octanol–water partition coefficient (Wildman–Crippen LogP) is -0.00780. The molecule has 16 heavy (non-hydrogen) atoms. The maximum absolute atomic E-state index is 11.3. The van der Waals surface area contributed by atoms with Crippen LogP contribution in [-0.4, -0.2) is 46.3 Å². The number of nitrogens with zero attached hydrogens (tertiary/aromatic N) is 3. The summed E-state index contributed by atoms with van der Waals surface area (Å²) >= 11 is 0. The van der Waals surface area contributed by atoms with Gasteiger partial charge in [-0.3, -0.25) is 4.79 Å². The van der Waals surface area contributed by atoms with Crippen LogP contribution in [0.4, 0.5) is 0 Å². The third-order valence-electron chi connectivity index (χ3n) is 1.75. The molecular formula is C9H17N5O2. The molecule has 0 atom stereocenters. The van der Waals surface area contributed by atoms with Gasteiger partial charge >= 0.3 is 0 Å². The molecule has 0 saturated heterocycles. The minimum Gasteiger partial charge on any atom is -0.381 e. The van der Waals surface area contributed by atoms with Gasteiger partial charge in [0.15, 0.2) is 0 Å². The molecule has 0 aliphatic rings. The largest absolute Gasteiger partial charge is 0.381 e. The zero-order chi connectivity index (χ0) is 11.8. The number of aromatic amines is 1. The van der Waals surface area contributed by atoms with E-state index < -0.39 is 0 Å². The molecule has 90 valence electrons. The highest BCUT2D eigenvalue weighted by atomic mass is 16.5. The number of nitrogens with one attached hydrogen (secondary N) is 2. The predicted molar refractivity (Wildman–Crippen MR) is 56.8 cm³/mol. The number of hydrogen-bond acceptors (Lipinski definition) is 5. The lowest BCUT2D eigenvalue weighted by atomic mass is 10.2. The van der Waals surface area contributed by atoms with Crippen LogP contribution < -0.4 is 5.32 Å². The van der Waals surface area contributed by atoms with Crippen molar-refractivity contribution in [3.05, 3.63) is 5.82 Å². The summed E-state index contributed by atoms with van der Waals surface area (Å²) in [7, 11) is 0. The van der Waals surface area contributed by atoms with Gasteiger partial charge in [0.2, 0.25) is 0 Å². The van der Waals surface area contributed by atoms with E-state index in [0.29, 0.717) is 19.1 Å². The van der Waals surface area contributed by atoms with E-state index in [1.54, 1.807) is 0 Å². The van der Waals surface area contributed by atoms with Gasteiger partial charge in [-0.1, -0.05) is 13.8 Å². The van der Waals surface area contributed by atoms with Crippen molar-refractivity contribution in [1.82, 2.24) is 25.9 Å². The highest BCUT2D eigenvalue weighted by molar-refractivity contribution is 5.89. The van der Waals surface area contributed by atoms with Gasteiger partial charge in [-0.2, -0.15) is 5.21 Å². The Morgan fingerprint density at radius 3 is 3.00 bits per heavy atom. The summed E-state index contributed by atoms with van der Waals surface area (Å²) in [6.45, 7) is 6.13. The highest BCUT2D eigenvalue weighted by Gasteiger charge is 2.08. The Balaban J connectivity index is 2.01. The molecule has 0 fully saturated rings. The minimum absolute atomic E-state index is 0.0584. The average Bonchev–Trinajstić information content (AvgIpc) is 2.75. The fraction of sp³-hybridized carbons (Fsp3) is 0.778. The lowest BCUT2D eigenvalue weighted by Crippen LogP contribution is -2.26. The standard InChI is InChI=1S/C9H17N5O2/c1-7(2)6-16-5-3-4-10-9(15)8-11-13-14-12-8/h7H,3-6H2,1-2H3,(H,10,15)(H,11,12,13,14). The number of amides is 1. The van der Waals surface area contributed by atoms with Gasteiger partial charge in [0, 0.05) is 19.8 Å². The number of aromatic nitrogens is 4. The maximum atomic E-state index is 11.3. The van der Waals surface area contributed by atoms with Crippen molar-refractivity contribution >= 4 is 5.91 Å². The zero-order valence-corrected chi connectivity index (χ0v) is 9.56. The number of tetrazole rings is 1. The summed E-state index contributed by atoms with van der Waals surface area (Å²) in [6, 6.07) is 0. The molecule has 1 amide bonds. The van der Waals surface area contributed by atoms with Crippen LogP contribution in [0.5, 0.6) is 0 Å². The van der Waals surface area contributed by atoms with Gasteiger partial charge in [-0.05, 0) is 17.6 Å². The number of rotatable bonds is 7. The summed E-state index contributed by atoms with van der Waals surface area (Å²) in [5.74, 6) is 0.273. The van der Waals surface area contributed by atoms with E-state index in [0.717, 1.165) is 13.0 Å². The van der Waals surface area contributed by atoms with Gasteiger partial charge in [0.05, 0.1) is 0 Å². The van der Waals surface area contributed by atoms with Crippen LogP contribution >= 0.6 is 0 Å². The number of carbonyl (C=O) groups excluding carboxylic acids is 1. The van der Waals surface area contributed by atoms with Crippen molar-refractivity contribution in [2.75, 3.05) is 19.8 Å². The van der Waals surface area contributed by atoms with Crippen molar-refractivity contribution in [3.8, 4) is 0 Å². The number of carbonyl (C=O) groups is 1. The fourth-order valence-electron chi connectivity index (χ4n) is 1.03. The summed E-state index contributed by atoms with van der Waals surface area (Å²) < 4.78 is 5.37. The number of hydrogen-bond donors (Lipinski definition) is 2. The monoisotopic (exact) mass is 227 g/mol. The van der Waals surface area contributed by atoms with E-state index in [2.05, 4.69) is 39.8 Å². The molecule has 7 nitrogen and oxygen atoms in total. The van der Waals surface area contributed by atoms with Crippen molar-refractivity contribution < 1.29 is 9.53 Å². The van der Waals surface area contributed by atoms with E-state index in [9.17, 15) is 4.79 Å². The van der Waals surface area contributed by atoms with Gasteiger partial charge in [-0.25, -0.2) is 0 Å². The molecule has 0 unspecified atom stereocenters. The zero-order valence-electron chi connectivity index (χ0n) is 9.56. The SMILES string of the molecule is CC(C)COCCCNC(=O)c1nn[nH]n1. The summed E-state index contributed by atoms with van der Waals surface area (Å²) in [6.07, 6.45) is 0.774. The van der Waals surface area contributed by atoms with Crippen LogP contribution in [0.1, 0.15) is 30.9 Å². The maximum Gasteiger partial charge on any atom is 0.292 e. The van der Waals surface area contributed by atoms with Crippen LogP contribution in [0.15, 0.2) is 0 Å². The van der Waals surface area contributed by atoms with E-state index in [4.69, 9.17) is 4.74 Å². The van der Waals surface area contributed by atoms with Crippen molar-refractivity contribution in [3.63, 3.8) is 0 Å². The third-order valence-corrected chi connectivity index (χ3v) is 1.75. The molecule has 0 aliphatic heterocycles.